The van der Waals surface area contributed by atoms with Crippen LogP contribution in [0.4, 0.5) is 11.4 Å². The number of anilines is 2. The fourth-order valence-electron chi connectivity index (χ4n) is 3.25. The van der Waals surface area contributed by atoms with Gasteiger partial charge in [0, 0.05) is 31.0 Å². The highest BCUT2D eigenvalue weighted by atomic mass is 16.2. The summed E-state index contributed by atoms with van der Waals surface area (Å²) < 4.78 is 0. The van der Waals surface area contributed by atoms with Gasteiger partial charge in [0.2, 0.25) is 5.91 Å². The third-order valence-corrected chi connectivity index (χ3v) is 4.49. The minimum Gasteiger partial charge on any atom is -0.373 e. The summed E-state index contributed by atoms with van der Waals surface area (Å²) in [5.74, 6) is -0.206. The molecule has 1 aromatic carbocycles. The topological polar surface area (TPSA) is 52.7 Å². The first kappa shape index (κ1) is 14.9. The van der Waals surface area contributed by atoms with Gasteiger partial charge >= 0.3 is 0 Å². The molecule has 2 aliphatic rings. The first-order chi connectivity index (χ1) is 10.7. The number of nitrogens with one attached hydrogen (secondary N) is 1. The SMILES string of the molecule is CCN1C(=O)C[C@@H](Nc2ccc(N3CCCCC3)cc2)C1=O. The molecule has 0 saturated carbocycles. The van der Waals surface area contributed by atoms with Gasteiger partial charge in [0.15, 0.2) is 0 Å². The molecule has 0 spiro atoms. The number of carbonyl (C=O) groups is 2. The third kappa shape index (κ3) is 2.93. The lowest BCUT2D eigenvalue weighted by Crippen LogP contribution is -2.34. The van der Waals surface area contributed by atoms with E-state index >= 15 is 0 Å². The van der Waals surface area contributed by atoms with Crippen LogP contribution in [0, 0.1) is 0 Å². The van der Waals surface area contributed by atoms with Gasteiger partial charge in [-0.3, -0.25) is 14.5 Å². The van der Waals surface area contributed by atoms with Crippen molar-refractivity contribution in [2.45, 2.75) is 38.6 Å². The number of hydrogen-bond acceptors (Lipinski definition) is 4. The van der Waals surface area contributed by atoms with Crippen molar-refractivity contribution < 1.29 is 9.59 Å². The number of likely N-dealkylation sites (N-methyl/N-ethyl adjacent to an activating group) is 1. The van der Waals surface area contributed by atoms with E-state index in [9.17, 15) is 9.59 Å². The normalized spacial score (nSPS) is 22.3. The van der Waals surface area contributed by atoms with Crippen LogP contribution in [0.15, 0.2) is 24.3 Å². The van der Waals surface area contributed by atoms with Crippen molar-refractivity contribution in [3.8, 4) is 0 Å². The molecule has 5 nitrogen and oxygen atoms in total. The zero-order chi connectivity index (χ0) is 15.5. The number of likely N-dealkylation sites (tertiary alicyclic amines) is 1. The van der Waals surface area contributed by atoms with Gasteiger partial charge in [-0.25, -0.2) is 0 Å². The number of rotatable bonds is 4. The second-order valence-electron chi connectivity index (χ2n) is 5.97. The number of carbonyl (C=O) groups excluding carboxylic acids is 2. The first-order valence-electron chi connectivity index (χ1n) is 8.15. The summed E-state index contributed by atoms with van der Waals surface area (Å²) in [6.45, 7) is 4.51. The third-order valence-electron chi connectivity index (χ3n) is 4.49. The molecule has 22 heavy (non-hydrogen) atoms. The molecule has 0 aliphatic carbocycles. The number of amides is 2. The summed E-state index contributed by atoms with van der Waals surface area (Å²) in [4.78, 5) is 27.6. The number of piperidine rings is 1. The van der Waals surface area contributed by atoms with Gasteiger partial charge in [0.1, 0.15) is 6.04 Å². The van der Waals surface area contributed by atoms with Gasteiger partial charge in [-0.15, -0.1) is 0 Å². The summed E-state index contributed by atoms with van der Waals surface area (Å²) in [6.07, 6.45) is 4.08. The summed E-state index contributed by atoms with van der Waals surface area (Å²) in [5, 5.41) is 3.18. The molecule has 1 aromatic rings. The standard InChI is InChI=1S/C17H23N3O2/c1-2-20-16(21)12-15(17(20)22)18-13-6-8-14(9-7-13)19-10-4-3-5-11-19/h6-9,15,18H,2-5,10-12H2,1H3/t15-/m1/s1. The highest BCUT2D eigenvalue weighted by Crippen LogP contribution is 2.23. The van der Waals surface area contributed by atoms with E-state index in [1.54, 1.807) is 0 Å². The average molecular weight is 301 g/mol. The van der Waals surface area contributed by atoms with Crippen LogP contribution < -0.4 is 10.2 Å². The highest BCUT2D eigenvalue weighted by Gasteiger charge is 2.37. The highest BCUT2D eigenvalue weighted by molar-refractivity contribution is 6.06. The lowest BCUT2D eigenvalue weighted by molar-refractivity contribution is -0.138. The Kier molecular flexibility index (Phi) is 4.32. The number of hydrogen-bond donors (Lipinski definition) is 1. The van der Waals surface area contributed by atoms with E-state index in [0.29, 0.717) is 6.54 Å². The maximum absolute atomic E-state index is 12.1. The molecule has 1 N–H and O–H groups in total. The molecular formula is C17H23N3O2. The van der Waals surface area contributed by atoms with E-state index in [0.717, 1.165) is 18.8 Å². The molecule has 0 aromatic heterocycles. The van der Waals surface area contributed by atoms with Gasteiger partial charge in [0.25, 0.3) is 5.91 Å². The number of benzene rings is 1. The molecule has 5 heteroatoms. The maximum Gasteiger partial charge on any atom is 0.252 e. The Balaban J connectivity index is 1.64. The van der Waals surface area contributed by atoms with Crippen molar-refractivity contribution in [2.75, 3.05) is 29.9 Å². The van der Waals surface area contributed by atoms with Crippen molar-refractivity contribution >= 4 is 23.2 Å². The Morgan fingerprint density at radius 3 is 2.36 bits per heavy atom. The van der Waals surface area contributed by atoms with Crippen molar-refractivity contribution in [2.24, 2.45) is 0 Å². The van der Waals surface area contributed by atoms with Gasteiger partial charge in [-0.1, -0.05) is 0 Å². The quantitative estimate of drug-likeness (QED) is 0.867. The van der Waals surface area contributed by atoms with Crippen LogP contribution in [-0.2, 0) is 9.59 Å². The van der Waals surface area contributed by atoms with Crippen molar-refractivity contribution in [1.82, 2.24) is 4.90 Å². The van der Waals surface area contributed by atoms with Crippen molar-refractivity contribution in [3.63, 3.8) is 0 Å². The molecule has 2 aliphatic heterocycles. The van der Waals surface area contributed by atoms with Gasteiger partial charge in [0.05, 0.1) is 6.42 Å². The van der Waals surface area contributed by atoms with E-state index in [1.807, 2.05) is 19.1 Å². The molecule has 1 atom stereocenters. The molecule has 2 heterocycles. The largest absolute Gasteiger partial charge is 0.373 e. The smallest absolute Gasteiger partial charge is 0.252 e. The van der Waals surface area contributed by atoms with Crippen LogP contribution in [0.25, 0.3) is 0 Å². The molecule has 0 unspecified atom stereocenters. The fourth-order valence-corrected chi connectivity index (χ4v) is 3.25. The lowest BCUT2D eigenvalue weighted by atomic mass is 10.1. The molecule has 0 radical (unpaired) electrons. The number of nitrogens with zero attached hydrogens (tertiary/aromatic N) is 2. The zero-order valence-electron chi connectivity index (χ0n) is 13.0. The predicted octanol–water partition coefficient (Wildman–Crippen LogP) is 2.24. The Hall–Kier alpha value is -2.04. The molecule has 2 saturated heterocycles. The lowest BCUT2D eigenvalue weighted by Gasteiger charge is -2.29. The summed E-state index contributed by atoms with van der Waals surface area (Å²) in [5.41, 5.74) is 2.12. The first-order valence-corrected chi connectivity index (χ1v) is 8.15. The molecule has 3 rings (SSSR count). The number of imide groups is 1. The summed E-state index contributed by atoms with van der Waals surface area (Å²) in [7, 11) is 0. The second-order valence-corrected chi connectivity index (χ2v) is 5.97. The minimum atomic E-state index is -0.423. The Bertz CT molecular complexity index is 550. The molecule has 0 bridgehead atoms. The van der Waals surface area contributed by atoms with Gasteiger partial charge in [-0.2, -0.15) is 0 Å². The molecular weight excluding hydrogens is 278 g/mol. The van der Waals surface area contributed by atoms with Gasteiger partial charge in [-0.05, 0) is 50.5 Å². The van der Waals surface area contributed by atoms with E-state index in [1.165, 1.54) is 29.8 Å². The van der Waals surface area contributed by atoms with Crippen LogP contribution in [0.1, 0.15) is 32.6 Å². The Morgan fingerprint density at radius 2 is 1.77 bits per heavy atom. The van der Waals surface area contributed by atoms with E-state index in [4.69, 9.17) is 0 Å². The molecule has 118 valence electrons. The molecule has 2 fully saturated rings. The van der Waals surface area contributed by atoms with Crippen LogP contribution in [0.5, 0.6) is 0 Å². The van der Waals surface area contributed by atoms with Crippen molar-refractivity contribution in [1.29, 1.82) is 0 Å². The van der Waals surface area contributed by atoms with E-state index in [2.05, 4.69) is 22.3 Å². The van der Waals surface area contributed by atoms with Crippen LogP contribution in [0.3, 0.4) is 0 Å². The molecule has 2 amide bonds. The van der Waals surface area contributed by atoms with Crippen LogP contribution in [0.2, 0.25) is 0 Å². The minimum absolute atomic E-state index is 0.0880. The monoisotopic (exact) mass is 301 g/mol. The fraction of sp³-hybridized carbons (Fsp3) is 0.529. The summed E-state index contributed by atoms with van der Waals surface area (Å²) in [6, 6.07) is 7.75. The van der Waals surface area contributed by atoms with Crippen LogP contribution in [-0.4, -0.2) is 42.4 Å². The summed E-state index contributed by atoms with van der Waals surface area (Å²) >= 11 is 0. The van der Waals surface area contributed by atoms with Crippen LogP contribution >= 0.6 is 0 Å². The zero-order valence-corrected chi connectivity index (χ0v) is 13.0. The van der Waals surface area contributed by atoms with Gasteiger partial charge < -0.3 is 10.2 Å². The van der Waals surface area contributed by atoms with Crippen molar-refractivity contribution in [3.05, 3.63) is 24.3 Å². The average Bonchev–Trinajstić information content (AvgIpc) is 2.82. The Morgan fingerprint density at radius 1 is 1.09 bits per heavy atom. The van der Waals surface area contributed by atoms with E-state index < -0.39 is 6.04 Å². The maximum atomic E-state index is 12.1. The van der Waals surface area contributed by atoms with E-state index in [-0.39, 0.29) is 18.2 Å². The second kappa shape index (κ2) is 6.38. The Labute approximate surface area is 131 Å². The predicted molar refractivity (Wildman–Crippen MR) is 86.9 cm³/mol.